The molecule has 0 saturated carbocycles. The van der Waals surface area contributed by atoms with Crippen LogP contribution in [-0.2, 0) is 20.2 Å². The van der Waals surface area contributed by atoms with Crippen LogP contribution in [0.2, 0.25) is 8.94 Å². The minimum atomic E-state index is -3.86. The van der Waals surface area contributed by atoms with Crippen LogP contribution in [0.15, 0.2) is 0 Å². The number of hydrogen-bond acceptors (Lipinski definition) is 4. The van der Waals surface area contributed by atoms with E-state index in [4.69, 9.17) is 9.11 Å². The number of hydrogen-bond donors (Lipinski definition) is 2. The van der Waals surface area contributed by atoms with E-state index in [9.17, 15) is 16.8 Å². The van der Waals surface area contributed by atoms with Crippen molar-refractivity contribution in [2.24, 2.45) is 0 Å². The van der Waals surface area contributed by atoms with E-state index in [-0.39, 0.29) is 11.5 Å². The molecule has 0 amide bonds. The van der Waals surface area contributed by atoms with Crippen molar-refractivity contribution in [1.82, 2.24) is 0 Å². The van der Waals surface area contributed by atoms with Gasteiger partial charge in [-0.1, -0.05) is 0 Å². The molecule has 0 saturated heterocycles. The monoisotopic (exact) mass is 376 g/mol. The Morgan fingerprint density at radius 1 is 0.800 bits per heavy atom. The van der Waals surface area contributed by atoms with E-state index in [0.29, 0.717) is 12.8 Å². The number of rotatable bonds is 8. The Bertz CT molecular complexity index is 323. The average Bonchev–Trinajstić information content (AvgIpc) is 1.98. The molecule has 0 aromatic rings. The van der Waals surface area contributed by atoms with Gasteiger partial charge in [0, 0.05) is 0 Å². The van der Waals surface area contributed by atoms with Crippen LogP contribution in [0, 0.1) is 0 Å². The van der Waals surface area contributed by atoms with E-state index in [1.807, 2.05) is 0 Å². The maximum absolute atomic E-state index is 10.3. The molecule has 0 heterocycles. The first kappa shape index (κ1) is 15.6. The molecule has 6 nitrogen and oxygen atoms in total. The van der Waals surface area contributed by atoms with Gasteiger partial charge in [-0.3, -0.25) is 0 Å². The second kappa shape index (κ2) is 7.04. The summed E-state index contributed by atoms with van der Waals surface area (Å²) in [6, 6.07) is 0. The van der Waals surface area contributed by atoms with Gasteiger partial charge in [0.2, 0.25) is 0 Å². The molecule has 0 aromatic heterocycles. The normalized spacial score (nSPS) is 12.9. The van der Waals surface area contributed by atoms with Gasteiger partial charge in [0.05, 0.1) is 0 Å². The van der Waals surface area contributed by atoms with Gasteiger partial charge in [0.15, 0.2) is 0 Å². The Morgan fingerprint density at radius 2 is 1.13 bits per heavy atom. The van der Waals surface area contributed by atoms with Crippen LogP contribution >= 0.6 is 0 Å². The Labute approximate surface area is 100 Å². The Hall–Kier alpha value is 0.610. The van der Waals surface area contributed by atoms with Crippen molar-refractivity contribution < 1.29 is 25.9 Å². The summed E-state index contributed by atoms with van der Waals surface area (Å²) >= 11 is -0.403. The quantitative estimate of drug-likeness (QED) is 0.354. The summed E-state index contributed by atoms with van der Waals surface area (Å²) in [6.07, 6.45) is 0.847. The van der Waals surface area contributed by atoms with Crippen LogP contribution < -0.4 is 0 Å². The van der Waals surface area contributed by atoms with E-state index in [1.54, 1.807) is 0 Å². The standard InChI is InChI=1S/C6H14O6S2Te/c7-13(8,9)3-1-5-15-6-2-4-14(10,11)12/h1-6H2,(H,7,8,9)(H,10,11,12). The van der Waals surface area contributed by atoms with Crippen LogP contribution in [-0.4, -0.2) is 58.4 Å². The van der Waals surface area contributed by atoms with Gasteiger partial charge in [0.1, 0.15) is 0 Å². The van der Waals surface area contributed by atoms with Gasteiger partial charge in [-0.15, -0.1) is 0 Å². The van der Waals surface area contributed by atoms with Gasteiger partial charge >= 0.3 is 100 Å². The average molecular weight is 374 g/mol. The van der Waals surface area contributed by atoms with E-state index in [0.717, 1.165) is 8.94 Å². The molecule has 2 N–H and O–H groups in total. The molecule has 0 aliphatic carbocycles. The molecular weight excluding hydrogens is 360 g/mol. The molecule has 0 rings (SSSR count). The van der Waals surface area contributed by atoms with Crippen molar-refractivity contribution in [3.63, 3.8) is 0 Å². The zero-order valence-corrected chi connectivity index (χ0v) is 12.0. The molecule has 0 bridgehead atoms. The molecule has 0 atom stereocenters. The Kier molecular flexibility index (Phi) is 7.32. The third-order valence-corrected chi connectivity index (χ3v) is 6.29. The fourth-order valence-corrected chi connectivity index (χ4v) is 5.52. The first-order valence-corrected chi connectivity index (χ1v) is 10.7. The first-order valence-electron chi connectivity index (χ1n) is 4.19. The summed E-state index contributed by atoms with van der Waals surface area (Å²) in [5, 5.41) is 0. The Morgan fingerprint density at radius 3 is 1.40 bits per heavy atom. The molecule has 0 aliphatic rings. The van der Waals surface area contributed by atoms with E-state index in [1.165, 1.54) is 0 Å². The molecule has 0 aliphatic heterocycles. The van der Waals surface area contributed by atoms with Crippen molar-refractivity contribution in [2.75, 3.05) is 11.5 Å². The van der Waals surface area contributed by atoms with Gasteiger partial charge in [-0.05, 0) is 0 Å². The van der Waals surface area contributed by atoms with Crippen LogP contribution in [0.4, 0.5) is 0 Å². The first-order chi connectivity index (χ1) is 6.71. The summed E-state index contributed by atoms with van der Waals surface area (Å²) < 4.78 is 59.5. The van der Waals surface area contributed by atoms with E-state index in [2.05, 4.69) is 0 Å². The van der Waals surface area contributed by atoms with E-state index < -0.39 is 41.2 Å². The van der Waals surface area contributed by atoms with Crippen LogP contribution in [0.5, 0.6) is 0 Å². The molecule has 0 radical (unpaired) electrons. The maximum atomic E-state index is 10.3. The molecule has 0 aromatic carbocycles. The van der Waals surface area contributed by atoms with Crippen LogP contribution in [0.1, 0.15) is 12.8 Å². The van der Waals surface area contributed by atoms with Gasteiger partial charge in [-0.25, -0.2) is 0 Å². The predicted octanol–water partition coefficient (Wildman–Crippen LogP) is 0.0830. The summed E-state index contributed by atoms with van der Waals surface area (Å²) in [7, 11) is -7.71. The summed E-state index contributed by atoms with van der Waals surface area (Å²) in [5.74, 6) is -0.452. The second-order valence-corrected chi connectivity index (χ2v) is 9.53. The third-order valence-electron chi connectivity index (χ3n) is 1.38. The second-order valence-electron chi connectivity index (χ2n) is 2.89. The van der Waals surface area contributed by atoms with Crippen molar-refractivity contribution in [3.8, 4) is 0 Å². The molecule has 9 heteroatoms. The zero-order chi connectivity index (χ0) is 11.9. The van der Waals surface area contributed by atoms with Crippen molar-refractivity contribution in [3.05, 3.63) is 0 Å². The minimum absolute atomic E-state index is 0.226. The van der Waals surface area contributed by atoms with Crippen LogP contribution in [0.3, 0.4) is 0 Å². The van der Waals surface area contributed by atoms with E-state index >= 15 is 0 Å². The van der Waals surface area contributed by atoms with Crippen molar-refractivity contribution in [1.29, 1.82) is 0 Å². The fraction of sp³-hybridized carbons (Fsp3) is 1.00. The third kappa shape index (κ3) is 14.6. The molecular formula is C6H14O6S2Te. The van der Waals surface area contributed by atoms with Gasteiger partial charge < -0.3 is 0 Å². The topological polar surface area (TPSA) is 109 Å². The van der Waals surface area contributed by atoms with Crippen molar-refractivity contribution in [2.45, 2.75) is 21.8 Å². The molecule has 0 fully saturated rings. The van der Waals surface area contributed by atoms with Crippen molar-refractivity contribution >= 4 is 41.2 Å². The van der Waals surface area contributed by atoms with Gasteiger partial charge in [-0.2, -0.15) is 0 Å². The Balaban J connectivity index is 3.34. The summed E-state index contributed by atoms with van der Waals surface area (Å²) in [4.78, 5) is 0. The molecule has 0 unspecified atom stereocenters. The molecule has 0 spiro atoms. The molecule has 92 valence electrons. The molecule has 15 heavy (non-hydrogen) atoms. The SMILES string of the molecule is O=S(=O)(O)CCC[Te]CCCS(=O)(=O)O. The summed E-state index contributed by atoms with van der Waals surface area (Å²) in [5.41, 5.74) is 0. The zero-order valence-electron chi connectivity index (χ0n) is 7.99. The van der Waals surface area contributed by atoms with Gasteiger partial charge in [0.25, 0.3) is 0 Å². The fourth-order valence-electron chi connectivity index (χ4n) is 0.789. The predicted molar refractivity (Wildman–Crippen MR) is 57.4 cm³/mol. The summed E-state index contributed by atoms with van der Waals surface area (Å²) in [6.45, 7) is 0. The van der Waals surface area contributed by atoms with Crippen LogP contribution in [0.25, 0.3) is 0 Å².